The Morgan fingerprint density at radius 3 is 2.73 bits per heavy atom. The molecule has 0 saturated carbocycles. The zero-order chi connectivity index (χ0) is 16.0. The van der Waals surface area contributed by atoms with E-state index in [9.17, 15) is 4.79 Å². The molecule has 0 bridgehead atoms. The van der Waals surface area contributed by atoms with Crippen LogP contribution >= 0.6 is 0 Å². The van der Waals surface area contributed by atoms with Gasteiger partial charge in [-0.2, -0.15) is 0 Å². The van der Waals surface area contributed by atoms with Gasteiger partial charge in [-0.05, 0) is 19.8 Å². The minimum absolute atomic E-state index is 0.107. The number of hydrogen-bond acceptors (Lipinski definition) is 3. The average molecular weight is 302 g/mol. The molecule has 2 rings (SSSR count). The van der Waals surface area contributed by atoms with Gasteiger partial charge >= 0.3 is 0 Å². The Hall–Kier alpha value is -1.45. The topological polar surface area (TPSA) is 35.5 Å². The van der Waals surface area contributed by atoms with Gasteiger partial charge in [-0.25, -0.2) is 0 Å². The Kier molecular flexibility index (Phi) is 5.92. The zero-order valence-corrected chi connectivity index (χ0v) is 13.7. The van der Waals surface area contributed by atoms with Gasteiger partial charge in [0, 0.05) is 17.4 Å². The number of benzene rings is 1. The summed E-state index contributed by atoms with van der Waals surface area (Å²) in [5.74, 6) is 0.254. The highest BCUT2D eigenvalue weighted by Crippen LogP contribution is 2.36. The Bertz CT molecular complexity index is 505. The van der Waals surface area contributed by atoms with Crippen molar-refractivity contribution in [3.05, 3.63) is 48.0 Å². The molecule has 1 heterocycles. The van der Waals surface area contributed by atoms with E-state index in [2.05, 4.69) is 0 Å². The fourth-order valence-electron chi connectivity index (χ4n) is 2.74. The molecule has 0 spiro atoms. The van der Waals surface area contributed by atoms with Crippen LogP contribution in [0.25, 0.3) is 0 Å². The summed E-state index contributed by atoms with van der Waals surface area (Å²) in [6.07, 6.45) is 5.65. The van der Waals surface area contributed by atoms with E-state index in [4.69, 9.17) is 9.47 Å². The largest absolute Gasteiger partial charge is 0.348 e. The first-order valence-corrected chi connectivity index (χ1v) is 8.02. The van der Waals surface area contributed by atoms with Crippen LogP contribution in [0.5, 0.6) is 0 Å². The molecule has 1 fully saturated rings. The van der Waals surface area contributed by atoms with Crippen molar-refractivity contribution in [1.29, 1.82) is 0 Å². The molecule has 22 heavy (non-hydrogen) atoms. The fourth-order valence-corrected chi connectivity index (χ4v) is 2.74. The number of allylic oxidation sites excluding steroid dienone is 2. The van der Waals surface area contributed by atoms with Gasteiger partial charge in [-0.15, -0.1) is 0 Å². The van der Waals surface area contributed by atoms with Gasteiger partial charge in [0.2, 0.25) is 0 Å². The van der Waals surface area contributed by atoms with Gasteiger partial charge in [0.15, 0.2) is 6.29 Å². The van der Waals surface area contributed by atoms with Crippen molar-refractivity contribution in [2.45, 2.75) is 52.4 Å². The molecule has 3 nitrogen and oxygen atoms in total. The van der Waals surface area contributed by atoms with Crippen molar-refractivity contribution in [3.63, 3.8) is 0 Å². The summed E-state index contributed by atoms with van der Waals surface area (Å²) in [7, 11) is 0. The lowest BCUT2D eigenvalue weighted by Crippen LogP contribution is -2.43. The molecule has 1 aromatic rings. The molecule has 1 aliphatic rings. The summed E-state index contributed by atoms with van der Waals surface area (Å²) in [4.78, 5) is 12.5. The molecule has 1 aliphatic heterocycles. The minimum atomic E-state index is -0.488. The summed E-state index contributed by atoms with van der Waals surface area (Å²) >= 11 is 0. The van der Waals surface area contributed by atoms with Crippen LogP contribution < -0.4 is 0 Å². The predicted molar refractivity (Wildman–Crippen MR) is 87.5 cm³/mol. The van der Waals surface area contributed by atoms with Gasteiger partial charge in [0.25, 0.3) is 0 Å². The number of hydrogen-bond donors (Lipinski definition) is 0. The Morgan fingerprint density at radius 2 is 2.05 bits per heavy atom. The molecule has 3 heteroatoms. The second kappa shape index (κ2) is 7.70. The molecule has 0 N–H and O–H groups in total. The monoisotopic (exact) mass is 302 g/mol. The summed E-state index contributed by atoms with van der Waals surface area (Å²) in [5, 5.41) is 0. The molecular weight excluding hydrogens is 276 g/mol. The second-order valence-electron chi connectivity index (χ2n) is 6.28. The van der Waals surface area contributed by atoms with E-state index in [1.807, 2.05) is 63.3 Å². The van der Waals surface area contributed by atoms with Crippen LogP contribution in [0.4, 0.5) is 0 Å². The van der Waals surface area contributed by atoms with Crippen molar-refractivity contribution in [1.82, 2.24) is 0 Å². The van der Waals surface area contributed by atoms with Crippen molar-refractivity contribution in [2.24, 2.45) is 5.41 Å². The van der Waals surface area contributed by atoms with Gasteiger partial charge in [0.1, 0.15) is 5.78 Å². The van der Waals surface area contributed by atoms with Crippen LogP contribution in [0.1, 0.15) is 51.9 Å². The first-order valence-electron chi connectivity index (χ1n) is 8.02. The maximum atomic E-state index is 12.5. The Morgan fingerprint density at radius 1 is 1.32 bits per heavy atom. The van der Waals surface area contributed by atoms with Crippen molar-refractivity contribution in [3.8, 4) is 0 Å². The standard InChI is InChI=1S/C19H26O3/c1-4-5-7-12-16(20)19(2,3)17-13-14-21-18(22-17)15-10-8-6-9-11-15/h4-6,8-11,17-18H,7,12-14H2,1-3H3/b5-4+/t17-,18?/m0/s1. The molecular formula is C19H26O3. The second-order valence-corrected chi connectivity index (χ2v) is 6.28. The predicted octanol–water partition coefficient (Wildman–Crippen LogP) is 4.44. The highest BCUT2D eigenvalue weighted by atomic mass is 16.7. The fraction of sp³-hybridized carbons (Fsp3) is 0.526. The van der Waals surface area contributed by atoms with Crippen LogP contribution in [0, 0.1) is 5.41 Å². The SMILES string of the molecule is C/C=C/CCC(=O)C(C)(C)[C@@H]1CCOC(c2ccccc2)O1. The van der Waals surface area contributed by atoms with Crippen LogP contribution in [0.15, 0.2) is 42.5 Å². The molecule has 1 unspecified atom stereocenters. The normalized spacial score (nSPS) is 22.9. The van der Waals surface area contributed by atoms with Crippen LogP contribution in [0.2, 0.25) is 0 Å². The van der Waals surface area contributed by atoms with E-state index >= 15 is 0 Å². The molecule has 2 atom stereocenters. The number of rotatable bonds is 6. The number of ketones is 1. The maximum absolute atomic E-state index is 12.5. The van der Waals surface area contributed by atoms with Crippen LogP contribution in [0.3, 0.4) is 0 Å². The molecule has 1 aromatic carbocycles. The Balaban J connectivity index is 2.02. The van der Waals surface area contributed by atoms with Crippen molar-refractivity contribution >= 4 is 5.78 Å². The average Bonchev–Trinajstić information content (AvgIpc) is 2.56. The van der Waals surface area contributed by atoms with E-state index in [-0.39, 0.29) is 18.2 Å². The van der Waals surface area contributed by atoms with Gasteiger partial charge in [0.05, 0.1) is 12.7 Å². The highest BCUT2D eigenvalue weighted by Gasteiger charge is 2.40. The molecule has 1 saturated heterocycles. The summed E-state index contributed by atoms with van der Waals surface area (Å²) in [5.41, 5.74) is 0.516. The number of carbonyl (C=O) groups excluding carboxylic acids is 1. The third-order valence-electron chi connectivity index (χ3n) is 4.31. The minimum Gasteiger partial charge on any atom is -0.348 e. The van der Waals surface area contributed by atoms with Crippen molar-refractivity contribution in [2.75, 3.05) is 6.61 Å². The lowest BCUT2D eigenvalue weighted by Gasteiger charge is -2.39. The Labute approximate surface area is 133 Å². The molecule has 0 aliphatic carbocycles. The lowest BCUT2D eigenvalue weighted by atomic mass is 9.78. The maximum Gasteiger partial charge on any atom is 0.184 e. The molecule has 120 valence electrons. The van der Waals surface area contributed by atoms with E-state index in [0.717, 1.165) is 18.4 Å². The number of Topliss-reactive ketones (excluding diaryl/α,β-unsaturated/α-hetero) is 1. The van der Waals surface area contributed by atoms with Crippen LogP contribution in [-0.4, -0.2) is 18.5 Å². The molecule has 0 amide bonds. The first-order chi connectivity index (χ1) is 10.6. The van der Waals surface area contributed by atoms with Gasteiger partial charge in [-0.1, -0.05) is 56.3 Å². The van der Waals surface area contributed by atoms with E-state index in [1.54, 1.807) is 0 Å². The molecule has 0 radical (unpaired) electrons. The smallest absolute Gasteiger partial charge is 0.184 e. The summed E-state index contributed by atoms with van der Waals surface area (Å²) in [6.45, 7) is 6.57. The summed E-state index contributed by atoms with van der Waals surface area (Å²) in [6, 6.07) is 9.90. The zero-order valence-electron chi connectivity index (χ0n) is 13.7. The van der Waals surface area contributed by atoms with Gasteiger partial charge < -0.3 is 9.47 Å². The van der Waals surface area contributed by atoms with Crippen molar-refractivity contribution < 1.29 is 14.3 Å². The first kappa shape index (κ1) is 16.9. The molecule has 0 aromatic heterocycles. The van der Waals surface area contributed by atoms with E-state index in [1.165, 1.54) is 0 Å². The summed E-state index contributed by atoms with van der Waals surface area (Å²) < 4.78 is 11.8. The lowest BCUT2D eigenvalue weighted by molar-refractivity contribution is -0.238. The van der Waals surface area contributed by atoms with E-state index < -0.39 is 5.41 Å². The third kappa shape index (κ3) is 4.05. The number of carbonyl (C=O) groups is 1. The van der Waals surface area contributed by atoms with E-state index in [0.29, 0.717) is 13.0 Å². The quantitative estimate of drug-likeness (QED) is 0.729. The van der Waals surface area contributed by atoms with Gasteiger partial charge in [-0.3, -0.25) is 4.79 Å². The third-order valence-corrected chi connectivity index (χ3v) is 4.31. The number of ether oxygens (including phenoxy) is 2. The highest BCUT2D eigenvalue weighted by molar-refractivity contribution is 5.84. The van der Waals surface area contributed by atoms with Crippen LogP contribution in [-0.2, 0) is 14.3 Å².